The molecule has 0 aliphatic carbocycles. The number of hydrogen-bond donors (Lipinski definition) is 2. The number of amides is 1. The fourth-order valence-corrected chi connectivity index (χ4v) is 2.41. The van der Waals surface area contributed by atoms with Crippen molar-refractivity contribution >= 4 is 23.0 Å². The highest BCUT2D eigenvalue weighted by Crippen LogP contribution is 2.20. The molecule has 1 amide bonds. The average molecular weight is 288 g/mol. The van der Waals surface area contributed by atoms with Gasteiger partial charge in [0.1, 0.15) is 5.75 Å². The number of aryl methyl sites for hydroxylation is 1. The Morgan fingerprint density at radius 1 is 1.40 bits per heavy atom. The minimum Gasteiger partial charge on any atom is -0.507 e. The van der Waals surface area contributed by atoms with Gasteiger partial charge in [0.2, 0.25) is 0 Å². The molecule has 104 valence electrons. The van der Waals surface area contributed by atoms with Crippen LogP contribution in [0.15, 0.2) is 40.8 Å². The van der Waals surface area contributed by atoms with Gasteiger partial charge in [-0.2, -0.15) is 5.10 Å². The predicted molar refractivity (Wildman–Crippen MR) is 81.5 cm³/mol. The third kappa shape index (κ3) is 3.24. The van der Waals surface area contributed by atoms with E-state index in [1.165, 1.54) is 11.3 Å². The lowest BCUT2D eigenvalue weighted by Crippen LogP contribution is -2.19. The largest absolute Gasteiger partial charge is 0.507 e. The zero-order valence-electron chi connectivity index (χ0n) is 11.4. The molecule has 0 aliphatic heterocycles. The first-order valence-electron chi connectivity index (χ1n) is 6.32. The third-order valence-corrected chi connectivity index (χ3v) is 3.70. The summed E-state index contributed by atoms with van der Waals surface area (Å²) in [6, 6.07) is 8.88. The second-order valence-corrected chi connectivity index (χ2v) is 5.30. The fraction of sp³-hybridized carbons (Fsp3) is 0.200. The van der Waals surface area contributed by atoms with Crippen molar-refractivity contribution in [3.63, 3.8) is 0 Å². The molecule has 0 saturated heterocycles. The van der Waals surface area contributed by atoms with Crippen molar-refractivity contribution in [2.75, 3.05) is 0 Å². The van der Waals surface area contributed by atoms with E-state index in [-0.39, 0.29) is 11.7 Å². The Morgan fingerprint density at radius 3 is 2.85 bits per heavy atom. The van der Waals surface area contributed by atoms with Gasteiger partial charge >= 0.3 is 0 Å². The molecule has 20 heavy (non-hydrogen) atoms. The Bertz CT molecular complexity index is 633. The lowest BCUT2D eigenvalue weighted by atomic mass is 10.0. The maximum Gasteiger partial charge on any atom is 0.281 e. The summed E-state index contributed by atoms with van der Waals surface area (Å²) in [5.41, 5.74) is 4.86. The van der Waals surface area contributed by atoms with E-state index in [4.69, 9.17) is 0 Å². The van der Waals surface area contributed by atoms with Crippen molar-refractivity contribution < 1.29 is 9.90 Å². The molecule has 4 nitrogen and oxygen atoms in total. The normalized spacial score (nSPS) is 11.4. The lowest BCUT2D eigenvalue weighted by Gasteiger charge is -2.08. The highest BCUT2D eigenvalue weighted by molar-refractivity contribution is 7.12. The van der Waals surface area contributed by atoms with E-state index in [1.807, 2.05) is 37.4 Å². The standard InChI is InChI=1S/C15H16N2O2S/c1-3-12(11-9-10(2)6-7-13(11)18)16-17-15(19)14-5-4-8-20-14/h4-9,18H,3H2,1-2H3,(H,17,19)/b16-12+. The summed E-state index contributed by atoms with van der Waals surface area (Å²) in [4.78, 5) is 12.4. The van der Waals surface area contributed by atoms with Crippen LogP contribution in [0.2, 0.25) is 0 Å². The second kappa shape index (κ2) is 6.34. The Labute approximate surface area is 121 Å². The predicted octanol–water partition coefficient (Wildman–Crippen LogP) is 3.31. The monoisotopic (exact) mass is 288 g/mol. The molecule has 0 radical (unpaired) electrons. The topological polar surface area (TPSA) is 61.7 Å². The number of carbonyl (C=O) groups is 1. The van der Waals surface area contributed by atoms with Crippen molar-refractivity contribution in [1.29, 1.82) is 0 Å². The van der Waals surface area contributed by atoms with Gasteiger partial charge in [-0.1, -0.05) is 24.6 Å². The highest BCUT2D eigenvalue weighted by Gasteiger charge is 2.10. The number of carbonyl (C=O) groups excluding carboxylic acids is 1. The Kier molecular flexibility index (Phi) is 4.53. The maximum atomic E-state index is 11.8. The van der Waals surface area contributed by atoms with Gasteiger partial charge < -0.3 is 5.11 Å². The zero-order valence-corrected chi connectivity index (χ0v) is 12.2. The number of nitrogens with one attached hydrogen (secondary N) is 1. The molecular formula is C15H16N2O2S. The van der Waals surface area contributed by atoms with Gasteiger partial charge in [-0.15, -0.1) is 11.3 Å². The van der Waals surface area contributed by atoms with Gasteiger partial charge in [-0.25, -0.2) is 5.43 Å². The number of aromatic hydroxyl groups is 1. The molecule has 1 aromatic carbocycles. The fourth-order valence-electron chi connectivity index (χ4n) is 1.79. The summed E-state index contributed by atoms with van der Waals surface area (Å²) in [5.74, 6) is -0.0698. The summed E-state index contributed by atoms with van der Waals surface area (Å²) >= 11 is 1.36. The molecule has 0 aliphatic rings. The van der Waals surface area contributed by atoms with Crippen LogP contribution >= 0.6 is 11.3 Å². The lowest BCUT2D eigenvalue weighted by molar-refractivity contribution is 0.0959. The molecule has 2 aromatic rings. The van der Waals surface area contributed by atoms with Crippen LogP contribution in [0.3, 0.4) is 0 Å². The van der Waals surface area contributed by atoms with Crippen molar-refractivity contribution in [3.8, 4) is 5.75 Å². The average Bonchev–Trinajstić information content (AvgIpc) is 2.97. The number of hydrogen-bond acceptors (Lipinski definition) is 4. The number of nitrogens with zero attached hydrogens (tertiary/aromatic N) is 1. The Morgan fingerprint density at radius 2 is 2.20 bits per heavy atom. The van der Waals surface area contributed by atoms with Gasteiger partial charge in [-0.3, -0.25) is 4.79 Å². The number of thiophene rings is 1. The molecular weight excluding hydrogens is 272 g/mol. The molecule has 0 fully saturated rings. The van der Waals surface area contributed by atoms with Crippen LogP contribution in [0, 0.1) is 6.92 Å². The third-order valence-electron chi connectivity index (χ3n) is 2.84. The van der Waals surface area contributed by atoms with E-state index < -0.39 is 0 Å². The first-order valence-corrected chi connectivity index (χ1v) is 7.20. The van der Waals surface area contributed by atoms with Crippen molar-refractivity contribution in [2.45, 2.75) is 20.3 Å². The minimum atomic E-state index is -0.238. The number of hydrazone groups is 1. The van der Waals surface area contributed by atoms with Gasteiger partial charge in [0.05, 0.1) is 10.6 Å². The first-order chi connectivity index (χ1) is 9.61. The van der Waals surface area contributed by atoms with Crippen molar-refractivity contribution in [3.05, 3.63) is 51.7 Å². The van der Waals surface area contributed by atoms with E-state index >= 15 is 0 Å². The minimum absolute atomic E-state index is 0.168. The van der Waals surface area contributed by atoms with E-state index in [0.717, 1.165) is 5.56 Å². The number of phenols is 1. The Balaban J connectivity index is 2.21. The zero-order chi connectivity index (χ0) is 14.5. The molecule has 0 spiro atoms. The molecule has 2 N–H and O–H groups in total. The molecule has 5 heteroatoms. The van der Waals surface area contributed by atoms with Gasteiger partial charge in [0.15, 0.2) is 0 Å². The van der Waals surface area contributed by atoms with Gasteiger partial charge in [-0.05, 0) is 36.9 Å². The quantitative estimate of drug-likeness (QED) is 0.669. The molecule has 0 saturated carbocycles. The van der Waals surface area contributed by atoms with Crippen molar-refractivity contribution in [1.82, 2.24) is 5.43 Å². The molecule has 2 rings (SSSR count). The van der Waals surface area contributed by atoms with Gasteiger partial charge in [0, 0.05) is 5.56 Å². The van der Waals surface area contributed by atoms with Crippen LogP contribution in [0.1, 0.15) is 34.1 Å². The van der Waals surface area contributed by atoms with E-state index in [1.54, 1.807) is 12.1 Å². The van der Waals surface area contributed by atoms with Crippen LogP contribution in [0.25, 0.3) is 0 Å². The second-order valence-electron chi connectivity index (χ2n) is 4.35. The van der Waals surface area contributed by atoms with Crippen LogP contribution in [0.4, 0.5) is 0 Å². The molecule has 1 aromatic heterocycles. The molecule has 1 heterocycles. The summed E-state index contributed by atoms with van der Waals surface area (Å²) in [7, 11) is 0. The van der Waals surface area contributed by atoms with E-state index in [0.29, 0.717) is 22.6 Å². The summed E-state index contributed by atoms with van der Waals surface area (Å²) in [5, 5.41) is 15.9. The van der Waals surface area contributed by atoms with Crippen LogP contribution in [-0.2, 0) is 0 Å². The smallest absolute Gasteiger partial charge is 0.281 e. The summed E-state index contributed by atoms with van der Waals surface area (Å²) < 4.78 is 0. The summed E-state index contributed by atoms with van der Waals surface area (Å²) in [6.07, 6.45) is 0.613. The van der Waals surface area contributed by atoms with Crippen LogP contribution in [0.5, 0.6) is 5.75 Å². The first kappa shape index (κ1) is 14.3. The SMILES string of the molecule is CC/C(=N\NC(=O)c1cccs1)c1cc(C)ccc1O. The van der Waals surface area contributed by atoms with E-state index in [9.17, 15) is 9.90 Å². The van der Waals surface area contributed by atoms with Crippen molar-refractivity contribution in [2.24, 2.45) is 5.10 Å². The van der Waals surface area contributed by atoms with Gasteiger partial charge in [0.25, 0.3) is 5.91 Å². The highest BCUT2D eigenvalue weighted by atomic mass is 32.1. The van der Waals surface area contributed by atoms with E-state index in [2.05, 4.69) is 10.5 Å². The molecule has 0 atom stereocenters. The number of benzene rings is 1. The van der Waals surface area contributed by atoms with Crippen LogP contribution < -0.4 is 5.43 Å². The maximum absolute atomic E-state index is 11.8. The number of phenolic OH excluding ortho intramolecular Hbond substituents is 1. The molecule has 0 unspecified atom stereocenters. The molecule has 0 bridgehead atoms. The summed E-state index contributed by atoms with van der Waals surface area (Å²) in [6.45, 7) is 3.87. The number of rotatable bonds is 4. The Hall–Kier alpha value is -2.14. The van der Waals surface area contributed by atoms with Crippen LogP contribution in [-0.4, -0.2) is 16.7 Å².